The highest BCUT2D eigenvalue weighted by atomic mass is 16.5. The zero-order valence-electron chi connectivity index (χ0n) is 13.7. The van der Waals surface area contributed by atoms with Crippen molar-refractivity contribution in [3.63, 3.8) is 0 Å². The normalized spacial score (nSPS) is 10.6. The zero-order valence-corrected chi connectivity index (χ0v) is 13.7. The molecular formula is C18H20N2O3. The molecule has 0 aliphatic carbocycles. The third kappa shape index (κ3) is 3.88. The van der Waals surface area contributed by atoms with Gasteiger partial charge in [-0.3, -0.25) is 4.79 Å². The summed E-state index contributed by atoms with van der Waals surface area (Å²) >= 11 is 0. The summed E-state index contributed by atoms with van der Waals surface area (Å²) in [5.74, 6) is 1.27. The Morgan fingerprint density at radius 3 is 2.30 bits per heavy atom. The minimum Gasteiger partial charge on any atom is -0.497 e. The molecule has 2 aromatic rings. The first-order chi connectivity index (χ1) is 11.1. The van der Waals surface area contributed by atoms with Gasteiger partial charge in [-0.25, -0.2) is 5.43 Å². The van der Waals surface area contributed by atoms with Gasteiger partial charge in [-0.1, -0.05) is 0 Å². The molecule has 0 unspecified atom stereocenters. The molecule has 120 valence electrons. The lowest BCUT2D eigenvalue weighted by molar-refractivity contribution is 0.0955. The molecule has 0 fully saturated rings. The van der Waals surface area contributed by atoms with Crippen molar-refractivity contribution < 1.29 is 14.3 Å². The largest absolute Gasteiger partial charge is 0.497 e. The fourth-order valence-corrected chi connectivity index (χ4v) is 2.15. The Balaban J connectivity index is 2.06. The third-order valence-electron chi connectivity index (χ3n) is 3.72. The van der Waals surface area contributed by atoms with Crippen LogP contribution in [0.25, 0.3) is 0 Å². The van der Waals surface area contributed by atoms with Gasteiger partial charge in [0.1, 0.15) is 11.5 Å². The molecule has 2 rings (SSSR count). The molecule has 1 N–H and O–H groups in total. The van der Waals surface area contributed by atoms with Crippen molar-refractivity contribution in [1.82, 2.24) is 5.43 Å². The van der Waals surface area contributed by atoms with Crippen LogP contribution in [-0.4, -0.2) is 26.3 Å². The van der Waals surface area contributed by atoms with E-state index in [4.69, 9.17) is 9.47 Å². The van der Waals surface area contributed by atoms with Gasteiger partial charge in [-0.05, 0) is 66.9 Å². The summed E-state index contributed by atoms with van der Waals surface area (Å²) in [6.07, 6.45) is 1.63. The number of ether oxygens (including phenoxy) is 2. The number of rotatable bonds is 5. The molecule has 23 heavy (non-hydrogen) atoms. The van der Waals surface area contributed by atoms with Crippen molar-refractivity contribution in [3.05, 3.63) is 58.7 Å². The molecular weight excluding hydrogens is 292 g/mol. The quantitative estimate of drug-likeness (QED) is 0.682. The molecule has 2 aromatic carbocycles. The molecule has 0 saturated carbocycles. The van der Waals surface area contributed by atoms with E-state index < -0.39 is 0 Å². The second kappa shape index (κ2) is 7.45. The summed E-state index contributed by atoms with van der Waals surface area (Å²) in [5, 5.41) is 4.02. The predicted molar refractivity (Wildman–Crippen MR) is 90.5 cm³/mol. The lowest BCUT2D eigenvalue weighted by Gasteiger charge is -2.09. The fraction of sp³-hybridized carbons (Fsp3) is 0.222. The van der Waals surface area contributed by atoms with E-state index in [9.17, 15) is 4.79 Å². The summed E-state index contributed by atoms with van der Waals surface area (Å²) in [6, 6.07) is 10.6. The van der Waals surface area contributed by atoms with Crippen LogP contribution in [0, 0.1) is 13.8 Å². The highest BCUT2D eigenvalue weighted by Gasteiger charge is 2.06. The van der Waals surface area contributed by atoms with Gasteiger partial charge in [0.15, 0.2) is 0 Å². The molecule has 0 aromatic heterocycles. The van der Waals surface area contributed by atoms with Crippen molar-refractivity contribution in [2.45, 2.75) is 13.8 Å². The molecule has 0 aliphatic rings. The van der Waals surface area contributed by atoms with Gasteiger partial charge in [0.2, 0.25) is 0 Å². The van der Waals surface area contributed by atoms with E-state index in [1.807, 2.05) is 26.0 Å². The lowest BCUT2D eigenvalue weighted by atomic mass is 10.0. The summed E-state index contributed by atoms with van der Waals surface area (Å²) in [6.45, 7) is 3.98. The van der Waals surface area contributed by atoms with Gasteiger partial charge in [0.25, 0.3) is 5.91 Å². The Labute approximate surface area is 135 Å². The molecule has 0 spiro atoms. The first-order valence-electron chi connectivity index (χ1n) is 7.18. The monoisotopic (exact) mass is 312 g/mol. The average molecular weight is 312 g/mol. The SMILES string of the molecule is COc1ccc(C(=O)NN=Cc2ccc(OC)c(C)c2C)cc1. The van der Waals surface area contributed by atoms with E-state index in [0.717, 1.165) is 22.4 Å². The topological polar surface area (TPSA) is 59.9 Å². The number of methoxy groups -OCH3 is 2. The average Bonchev–Trinajstić information content (AvgIpc) is 2.58. The lowest BCUT2D eigenvalue weighted by Crippen LogP contribution is -2.17. The van der Waals surface area contributed by atoms with Crippen LogP contribution in [0.1, 0.15) is 27.0 Å². The first-order valence-corrected chi connectivity index (χ1v) is 7.18. The van der Waals surface area contributed by atoms with Gasteiger partial charge >= 0.3 is 0 Å². The maximum atomic E-state index is 12.0. The van der Waals surface area contributed by atoms with Crippen molar-refractivity contribution in [2.24, 2.45) is 5.10 Å². The molecule has 0 saturated heterocycles. The van der Waals surface area contributed by atoms with Crippen LogP contribution in [0.2, 0.25) is 0 Å². The molecule has 0 radical (unpaired) electrons. The van der Waals surface area contributed by atoms with Crippen molar-refractivity contribution in [2.75, 3.05) is 14.2 Å². The number of hydrazone groups is 1. The molecule has 0 aliphatic heterocycles. The Hall–Kier alpha value is -2.82. The van der Waals surface area contributed by atoms with E-state index in [-0.39, 0.29) is 5.91 Å². The number of benzene rings is 2. The molecule has 5 heteroatoms. The van der Waals surface area contributed by atoms with Gasteiger partial charge in [-0.15, -0.1) is 0 Å². The third-order valence-corrected chi connectivity index (χ3v) is 3.72. The number of amides is 1. The molecule has 5 nitrogen and oxygen atoms in total. The van der Waals surface area contributed by atoms with Crippen molar-refractivity contribution in [3.8, 4) is 11.5 Å². The van der Waals surface area contributed by atoms with Gasteiger partial charge in [0.05, 0.1) is 20.4 Å². The van der Waals surface area contributed by atoms with E-state index in [2.05, 4.69) is 10.5 Å². The number of nitrogens with one attached hydrogen (secondary N) is 1. The Morgan fingerprint density at radius 1 is 1.00 bits per heavy atom. The van der Waals surface area contributed by atoms with Crippen LogP contribution >= 0.6 is 0 Å². The van der Waals surface area contributed by atoms with Crippen LogP contribution in [0.5, 0.6) is 11.5 Å². The second-order valence-corrected chi connectivity index (χ2v) is 5.03. The standard InChI is InChI=1S/C18H20N2O3/c1-12-13(2)17(23-4)10-7-15(12)11-19-20-18(21)14-5-8-16(22-3)9-6-14/h5-11H,1-4H3,(H,20,21). The van der Waals surface area contributed by atoms with Crippen molar-refractivity contribution in [1.29, 1.82) is 0 Å². The highest BCUT2D eigenvalue weighted by Crippen LogP contribution is 2.22. The Kier molecular flexibility index (Phi) is 5.36. The predicted octanol–water partition coefficient (Wildman–Crippen LogP) is 3.08. The van der Waals surface area contributed by atoms with Crippen molar-refractivity contribution >= 4 is 12.1 Å². The summed E-state index contributed by atoms with van der Waals surface area (Å²) in [5.41, 5.74) is 6.08. The van der Waals surface area contributed by atoms with Crippen LogP contribution in [0.15, 0.2) is 41.5 Å². The maximum Gasteiger partial charge on any atom is 0.271 e. The number of hydrogen-bond donors (Lipinski definition) is 1. The van der Waals surface area contributed by atoms with E-state index >= 15 is 0 Å². The van der Waals surface area contributed by atoms with E-state index in [1.54, 1.807) is 44.7 Å². The maximum absolute atomic E-state index is 12.0. The number of carbonyl (C=O) groups is 1. The fourth-order valence-electron chi connectivity index (χ4n) is 2.15. The second-order valence-electron chi connectivity index (χ2n) is 5.03. The molecule has 0 heterocycles. The zero-order chi connectivity index (χ0) is 16.8. The van der Waals surface area contributed by atoms with Crippen LogP contribution in [0.4, 0.5) is 0 Å². The van der Waals surface area contributed by atoms with Crippen LogP contribution in [0.3, 0.4) is 0 Å². The summed E-state index contributed by atoms with van der Waals surface area (Å²) in [4.78, 5) is 12.0. The molecule has 0 bridgehead atoms. The minimum atomic E-state index is -0.271. The van der Waals surface area contributed by atoms with E-state index in [0.29, 0.717) is 11.3 Å². The van der Waals surface area contributed by atoms with Gasteiger partial charge in [-0.2, -0.15) is 5.10 Å². The number of nitrogens with zero attached hydrogens (tertiary/aromatic N) is 1. The smallest absolute Gasteiger partial charge is 0.271 e. The minimum absolute atomic E-state index is 0.271. The summed E-state index contributed by atoms with van der Waals surface area (Å²) in [7, 11) is 3.23. The molecule has 0 atom stereocenters. The number of carbonyl (C=O) groups excluding carboxylic acids is 1. The Morgan fingerprint density at radius 2 is 1.70 bits per heavy atom. The first kappa shape index (κ1) is 16.5. The Bertz CT molecular complexity index is 722. The summed E-state index contributed by atoms with van der Waals surface area (Å²) < 4.78 is 10.3. The van der Waals surface area contributed by atoms with Gasteiger partial charge < -0.3 is 9.47 Å². The van der Waals surface area contributed by atoms with Gasteiger partial charge in [0, 0.05) is 5.56 Å². The number of hydrogen-bond acceptors (Lipinski definition) is 4. The highest BCUT2D eigenvalue weighted by molar-refractivity contribution is 5.95. The molecule has 1 amide bonds. The van der Waals surface area contributed by atoms with Crippen LogP contribution < -0.4 is 14.9 Å². The van der Waals surface area contributed by atoms with E-state index in [1.165, 1.54) is 0 Å². The van der Waals surface area contributed by atoms with Crippen LogP contribution in [-0.2, 0) is 0 Å².